The summed E-state index contributed by atoms with van der Waals surface area (Å²) in [6.07, 6.45) is 6.30. The van der Waals surface area contributed by atoms with E-state index in [0.717, 1.165) is 32.9 Å². The average molecular weight is 565 g/mol. The van der Waals surface area contributed by atoms with Gasteiger partial charge < -0.3 is 4.74 Å². The second kappa shape index (κ2) is 9.31. The highest BCUT2D eigenvalue weighted by Crippen LogP contribution is 2.66. The van der Waals surface area contributed by atoms with E-state index in [0.29, 0.717) is 11.7 Å². The van der Waals surface area contributed by atoms with Crippen molar-refractivity contribution >= 4 is 49.7 Å². The van der Waals surface area contributed by atoms with Crippen molar-refractivity contribution in [1.29, 1.82) is 0 Å². The van der Waals surface area contributed by atoms with Crippen LogP contribution in [-0.4, -0.2) is 17.0 Å². The van der Waals surface area contributed by atoms with Crippen molar-refractivity contribution in [1.82, 2.24) is 5.43 Å². The van der Waals surface area contributed by atoms with Crippen molar-refractivity contribution in [3.63, 3.8) is 0 Å². The van der Waals surface area contributed by atoms with E-state index in [2.05, 4.69) is 49.3 Å². The molecule has 1 amide bonds. The molecule has 0 aromatic heterocycles. The first kappa shape index (κ1) is 22.9. The van der Waals surface area contributed by atoms with Gasteiger partial charge in [-0.2, -0.15) is 5.10 Å². The summed E-state index contributed by atoms with van der Waals surface area (Å²) >= 11 is 7.02. The molecular weight excluding hydrogens is 542 g/mol. The van der Waals surface area contributed by atoms with Gasteiger partial charge in [-0.05, 0) is 91.4 Å². The summed E-state index contributed by atoms with van der Waals surface area (Å²) in [6, 6.07) is 9.94. The van der Waals surface area contributed by atoms with Crippen molar-refractivity contribution in [3.8, 4) is 5.75 Å². The predicted octanol–water partition coefficient (Wildman–Crippen LogP) is 5.98. The number of benzene rings is 2. The topological polar surface area (TPSA) is 93.8 Å². The summed E-state index contributed by atoms with van der Waals surface area (Å²) in [7, 11) is 0. The van der Waals surface area contributed by atoms with Crippen molar-refractivity contribution < 1.29 is 14.5 Å². The van der Waals surface area contributed by atoms with Gasteiger partial charge in [0.2, 0.25) is 5.91 Å². The Morgan fingerprint density at radius 2 is 1.97 bits per heavy atom. The van der Waals surface area contributed by atoms with Crippen LogP contribution in [0.15, 0.2) is 50.4 Å². The molecule has 7 nitrogen and oxygen atoms in total. The van der Waals surface area contributed by atoms with Crippen LogP contribution in [0.1, 0.15) is 43.7 Å². The Morgan fingerprint density at radius 1 is 1.28 bits per heavy atom. The highest BCUT2D eigenvalue weighted by atomic mass is 79.9. The molecule has 0 heterocycles. The first-order valence-electron chi connectivity index (χ1n) is 10.5. The molecule has 0 spiro atoms. The van der Waals surface area contributed by atoms with Crippen LogP contribution in [0.25, 0.3) is 0 Å². The van der Waals surface area contributed by atoms with E-state index in [1.165, 1.54) is 25.0 Å². The molecule has 0 saturated heterocycles. The summed E-state index contributed by atoms with van der Waals surface area (Å²) in [5.41, 5.74) is 4.52. The minimum absolute atomic E-state index is 0.0110. The maximum atomic E-state index is 12.5. The van der Waals surface area contributed by atoms with Crippen LogP contribution >= 0.6 is 31.9 Å². The van der Waals surface area contributed by atoms with Gasteiger partial charge in [0.05, 0.1) is 20.1 Å². The molecular formula is C23H23Br2N3O4. The van der Waals surface area contributed by atoms with E-state index in [4.69, 9.17) is 4.74 Å². The van der Waals surface area contributed by atoms with Crippen molar-refractivity contribution in [2.75, 3.05) is 0 Å². The number of hydrogen-bond donors (Lipinski definition) is 1. The molecule has 32 heavy (non-hydrogen) atoms. The van der Waals surface area contributed by atoms with Gasteiger partial charge in [-0.15, -0.1) is 0 Å². The number of halogens is 2. The Morgan fingerprint density at radius 3 is 2.56 bits per heavy atom. The number of nitrogens with zero attached hydrogens (tertiary/aromatic N) is 2. The number of rotatable bonds is 7. The molecule has 2 aliphatic carbocycles. The number of fused-ring (bicyclic) bond motifs is 1. The Balaban J connectivity index is 1.35. The molecule has 2 aromatic carbocycles. The summed E-state index contributed by atoms with van der Waals surface area (Å²) in [4.78, 5) is 22.9. The number of nitro benzene ring substituents is 1. The van der Waals surface area contributed by atoms with Gasteiger partial charge in [-0.3, -0.25) is 14.9 Å². The third kappa shape index (κ3) is 4.73. The molecule has 0 bridgehead atoms. The quantitative estimate of drug-likeness (QED) is 0.254. The van der Waals surface area contributed by atoms with Crippen LogP contribution < -0.4 is 10.2 Å². The van der Waals surface area contributed by atoms with Gasteiger partial charge >= 0.3 is 0 Å². The number of hydrazone groups is 1. The lowest BCUT2D eigenvalue weighted by Crippen LogP contribution is -2.22. The number of nitro groups is 1. The molecule has 2 fully saturated rings. The molecule has 2 aliphatic rings. The highest BCUT2D eigenvalue weighted by Gasteiger charge is 2.64. The number of carbonyl (C=O) groups is 1. The van der Waals surface area contributed by atoms with Crippen molar-refractivity contribution in [2.24, 2.45) is 22.4 Å². The molecule has 2 saturated carbocycles. The second-order valence-corrected chi connectivity index (χ2v) is 10.3. The fraction of sp³-hybridized carbons (Fsp3) is 0.391. The van der Waals surface area contributed by atoms with E-state index in [-0.39, 0.29) is 29.5 Å². The third-order valence-electron chi connectivity index (χ3n) is 6.55. The first-order chi connectivity index (χ1) is 15.3. The molecule has 0 unspecified atom stereocenters. The molecule has 9 heteroatoms. The number of ether oxygens (including phenoxy) is 1. The van der Waals surface area contributed by atoms with Gasteiger partial charge in [0.25, 0.3) is 5.69 Å². The minimum Gasteiger partial charge on any atom is -0.487 e. The number of non-ortho nitro benzene ring substituents is 1. The number of hydrogen-bond acceptors (Lipinski definition) is 5. The SMILES string of the molecule is C[C@]12CCCC[C@H]1[C@H]2C(=O)N/N=C\c1cc(Br)c(OCc2ccc([N+](=O)[O-])cc2)c(Br)c1. The standard InChI is InChI=1S/C23H23Br2N3O4/c1-23-9-3-2-4-17(23)20(23)22(29)27-26-12-15-10-18(24)21(19(25)11-15)32-13-14-5-7-16(8-6-14)28(30)31/h5-8,10-12,17,20H,2-4,9,13H2,1H3,(H,27,29)/b26-12-/t17-,20-,23-/m0/s1. The number of amides is 1. The van der Waals surface area contributed by atoms with Gasteiger partial charge in [0.15, 0.2) is 0 Å². The zero-order valence-corrected chi connectivity index (χ0v) is 20.7. The zero-order chi connectivity index (χ0) is 22.9. The normalized spacial score (nSPS) is 24.1. The molecule has 0 radical (unpaired) electrons. The zero-order valence-electron chi connectivity index (χ0n) is 17.5. The third-order valence-corrected chi connectivity index (χ3v) is 7.73. The fourth-order valence-corrected chi connectivity index (χ4v) is 6.20. The Hall–Kier alpha value is -2.26. The average Bonchev–Trinajstić information content (AvgIpc) is 3.39. The summed E-state index contributed by atoms with van der Waals surface area (Å²) in [6.45, 7) is 2.48. The number of nitrogens with one attached hydrogen (secondary N) is 1. The fourth-order valence-electron chi connectivity index (χ4n) is 4.75. The lowest BCUT2D eigenvalue weighted by atomic mass is 9.90. The summed E-state index contributed by atoms with van der Waals surface area (Å²) in [5.74, 6) is 1.20. The molecule has 3 atom stereocenters. The number of carbonyl (C=O) groups excluding carboxylic acids is 1. The van der Waals surface area contributed by atoms with E-state index in [9.17, 15) is 14.9 Å². The molecule has 1 N–H and O–H groups in total. The predicted molar refractivity (Wildman–Crippen MR) is 129 cm³/mol. The molecule has 0 aliphatic heterocycles. The van der Waals surface area contributed by atoms with Crippen LogP contribution in [0.4, 0.5) is 5.69 Å². The van der Waals surface area contributed by atoms with Crippen LogP contribution in [0.5, 0.6) is 5.75 Å². The smallest absolute Gasteiger partial charge is 0.269 e. The van der Waals surface area contributed by atoms with Crippen molar-refractivity contribution in [2.45, 2.75) is 39.2 Å². The largest absolute Gasteiger partial charge is 0.487 e. The molecule has 4 rings (SSSR count). The van der Waals surface area contributed by atoms with Crippen LogP contribution in [-0.2, 0) is 11.4 Å². The lowest BCUT2D eigenvalue weighted by molar-refractivity contribution is -0.384. The van der Waals surface area contributed by atoms with E-state index in [1.54, 1.807) is 18.3 Å². The van der Waals surface area contributed by atoms with Gasteiger partial charge in [-0.1, -0.05) is 19.8 Å². The van der Waals surface area contributed by atoms with Gasteiger partial charge in [0, 0.05) is 18.1 Å². The first-order valence-corrected chi connectivity index (χ1v) is 12.1. The maximum absolute atomic E-state index is 12.5. The minimum atomic E-state index is -0.432. The monoisotopic (exact) mass is 563 g/mol. The van der Waals surface area contributed by atoms with Gasteiger partial charge in [0.1, 0.15) is 12.4 Å². The van der Waals surface area contributed by atoms with E-state index < -0.39 is 4.92 Å². The Kier molecular flexibility index (Phi) is 6.67. The Bertz CT molecular complexity index is 1050. The lowest BCUT2D eigenvalue weighted by Gasteiger charge is -2.15. The van der Waals surface area contributed by atoms with Gasteiger partial charge in [-0.25, -0.2) is 5.43 Å². The maximum Gasteiger partial charge on any atom is 0.269 e. The van der Waals surface area contributed by atoms with E-state index in [1.807, 2.05) is 12.1 Å². The van der Waals surface area contributed by atoms with E-state index >= 15 is 0 Å². The second-order valence-electron chi connectivity index (χ2n) is 8.60. The van der Waals surface area contributed by atoms with Crippen LogP contribution in [0.3, 0.4) is 0 Å². The van der Waals surface area contributed by atoms with Crippen LogP contribution in [0.2, 0.25) is 0 Å². The molecule has 168 valence electrons. The van der Waals surface area contributed by atoms with Crippen LogP contribution in [0, 0.1) is 27.4 Å². The highest BCUT2D eigenvalue weighted by molar-refractivity contribution is 9.11. The summed E-state index contributed by atoms with van der Waals surface area (Å²) in [5, 5.41) is 14.9. The Labute approximate surface area is 203 Å². The van der Waals surface area contributed by atoms with Crippen molar-refractivity contribution in [3.05, 3.63) is 66.6 Å². The molecule has 2 aromatic rings. The summed E-state index contributed by atoms with van der Waals surface area (Å²) < 4.78 is 7.33.